The Labute approximate surface area is 117 Å². The summed E-state index contributed by atoms with van der Waals surface area (Å²) in [7, 11) is 1.39. The van der Waals surface area contributed by atoms with E-state index < -0.39 is 0 Å². The van der Waals surface area contributed by atoms with E-state index in [2.05, 4.69) is 22.8 Å². The topological polar surface area (TPSA) is 31.2 Å². The van der Waals surface area contributed by atoms with Crippen LogP contribution >= 0.6 is 0 Å². The molecule has 1 heterocycles. The number of fused-ring (bicyclic) bond motifs is 1. The zero-order valence-electron chi connectivity index (χ0n) is 11.2. The molecule has 0 aliphatic heterocycles. The summed E-state index contributed by atoms with van der Waals surface area (Å²) >= 11 is 0. The van der Waals surface area contributed by atoms with Crippen molar-refractivity contribution in [2.45, 2.75) is 6.54 Å². The molecule has 0 saturated carbocycles. The first-order valence-corrected chi connectivity index (χ1v) is 6.41. The normalized spacial score (nSPS) is 10.7. The summed E-state index contributed by atoms with van der Waals surface area (Å²) in [4.78, 5) is 11.6. The van der Waals surface area contributed by atoms with Crippen LogP contribution in [0.3, 0.4) is 0 Å². The minimum absolute atomic E-state index is 0.320. The van der Waals surface area contributed by atoms with Gasteiger partial charge < -0.3 is 9.30 Å². The Balaban J connectivity index is 2.01. The zero-order chi connectivity index (χ0) is 13.9. The maximum atomic E-state index is 11.6. The Morgan fingerprint density at radius 3 is 2.75 bits per heavy atom. The molecule has 3 heteroatoms. The lowest BCUT2D eigenvalue weighted by Gasteiger charge is -2.06. The van der Waals surface area contributed by atoms with E-state index in [1.54, 1.807) is 6.07 Å². The largest absolute Gasteiger partial charge is 0.465 e. The molecular formula is C17H14NO2. The number of methoxy groups -OCH3 is 1. The van der Waals surface area contributed by atoms with Crippen LogP contribution in [0.2, 0.25) is 0 Å². The fraction of sp³-hybridized carbons (Fsp3) is 0.118. The lowest BCUT2D eigenvalue weighted by molar-refractivity contribution is 0.0601. The molecule has 0 N–H and O–H groups in total. The standard InChI is InChI=1S/C17H14NO2/c1-20-17(19)15-8-7-14-9-10-18(16(14)11-15)12-13-5-3-2-4-6-13/h2-8,10-11H,12H2,1H3. The highest BCUT2D eigenvalue weighted by Gasteiger charge is 2.08. The van der Waals surface area contributed by atoms with Gasteiger partial charge in [0.1, 0.15) is 0 Å². The molecule has 0 spiro atoms. The van der Waals surface area contributed by atoms with Crippen LogP contribution in [0.1, 0.15) is 15.9 Å². The molecule has 0 fully saturated rings. The van der Waals surface area contributed by atoms with Crippen LogP contribution in [0.15, 0.2) is 54.7 Å². The molecular weight excluding hydrogens is 250 g/mol. The van der Waals surface area contributed by atoms with Gasteiger partial charge in [-0.1, -0.05) is 36.4 Å². The number of rotatable bonds is 3. The van der Waals surface area contributed by atoms with Gasteiger partial charge in [-0.25, -0.2) is 4.79 Å². The lowest BCUT2D eigenvalue weighted by atomic mass is 10.1. The van der Waals surface area contributed by atoms with Crippen LogP contribution in [-0.4, -0.2) is 17.6 Å². The second-order valence-corrected chi connectivity index (χ2v) is 4.61. The zero-order valence-corrected chi connectivity index (χ0v) is 11.2. The van der Waals surface area contributed by atoms with E-state index in [0.29, 0.717) is 5.56 Å². The Morgan fingerprint density at radius 1 is 1.20 bits per heavy atom. The molecule has 0 aliphatic rings. The number of carbonyl (C=O) groups excluding carboxylic acids is 1. The van der Waals surface area contributed by atoms with Crippen molar-refractivity contribution in [2.24, 2.45) is 0 Å². The predicted octanol–water partition coefficient (Wildman–Crippen LogP) is 3.28. The van der Waals surface area contributed by atoms with Crippen LogP contribution in [0.5, 0.6) is 0 Å². The molecule has 3 aromatic rings. The lowest BCUT2D eigenvalue weighted by Crippen LogP contribution is -2.02. The van der Waals surface area contributed by atoms with Gasteiger partial charge in [-0.15, -0.1) is 0 Å². The van der Waals surface area contributed by atoms with Crippen LogP contribution in [0.25, 0.3) is 10.9 Å². The predicted molar refractivity (Wildman–Crippen MR) is 77.7 cm³/mol. The Kier molecular flexibility index (Phi) is 3.25. The number of ether oxygens (including phenoxy) is 1. The summed E-state index contributed by atoms with van der Waals surface area (Å²) in [5.74, 6) is -0.320. The van der Waals surface area contributed by atoms with E-state index in [1.807, 2.05) is 36.5 Å². The minimum Gasteiger partial charge on any atom is -0.465 e. The highest BCUT2D eigenvalue weighted by molar-refractivity contribution is 5.94. The highest BCUT2D eigenvalue weighted by atomic mass is 16.5. The first-order valence-electron chi connectivity index (χ1n) is 6.41. The van der Waals surface area contributed by atoms with Crippen molar-refractivity contribution in [1.29, 1.82) is 0 Å². The van der Waals surface area contributed by atoms with E-state index in [4.69, 9.17) is 4.74 Å². The van der Waals surface area contributed by atoms with Crippen molar-refractivity contribution < 1.29 is 9.53 Å². The summed E-state index contributed by atoms with van der Waals surface area (Å²) in [6, 6.07) is 18.9. The molecule has 0 saturated heterocycles. The molecule has 0 amide bonds. The van der Waals surface area contributed by atoms with E-state index in [9.17, 15) is 4.79 Å². The number of nitrogens with zero attached hydrogens (tertiary/aromatic N) is 1. The molecule has 2 aromatic carbocycles. The van der Waals surface area contributed by atoms with Gasteiger partial charge in [-0.2, -0.15) is 0 Å². The number of carbonyl (C=O) groups is 1. The number of aromatic nitrogens is 1. The third kappa shape index (κ3) is 2.30. The van der Waals surface area contributed by atoms with E-state index in [-0.39, 0.29) is 5.97 Å². The summed E-state index contributed by atoms with van der Waals surface area (Å²) in [5, 5.41) is 0.994. The third-order valence-corrected chi connectivity index (χ3v) is 3.30. The van der Waals surface area contributed by atoms with E-state index >= 15 is 0 Å². The van der Waals surface area contributed by atoms with Crippen molar-refractivity contribution in [3.63, 3.8) is 0 Å². The summed E-state index contributed by atoms with van der Waals surface area (Å²) < 4.78 is 6.84. The minimum atomic E-state index is -0.320. The maximum absolute atomic E-state index is 11.6. The second-order valence-electron chi connectivity index (χ2n) is 4.61. The average Bonchev–Trinajstić information content (AvgIpc) is 2.90. The van der Waals surface area contributed by atoms with Gasteiger partial charge in [-0.05, 0) is 17.7 Å². The molecule has 0 atom stereocenters. The Bertz CT molecular complexity index is 744. The van der Waals surface area contributed by atoms with Crippen LogP contribution in [-0.2, 0) is 11.3 Å². The van der Waals surface area contributed by atoms with Crippen LogP contribution in [0.4, 0.5) is 0 Å². The van der Waals surface area contributed by atoms with Crippen molar-refractivity contribution in [3.05, 3.63) is 71.9 Å². The number of benzene rings is 2. The first kappa shape index (κ1) is 12.5. The SMILES string of the molecule is COC(=O)c1ccc2[c]cn(Cc3ccccc3)c2c1. The van der Waals surface area contributed by atoms with E-state index in [0.717, 1.165) is 17.4 Å². The van der Waals surface area contributed by atoms with Gasteiger partial charge in [0.25, 0.3) is 0 Å². The summed E-state index contributed by atoms with van der Waals surface area (Å²) in [6.45, 7) is 0.755. The number of esters is 1. The van der Waals surface area contributed by atoms with Gasteiger partial charge in [0, 0.05) is 29.7 Å². The molecule has 0 aliphatic carbocycles. The maximum Gasteiger partial charge on any atom is 0.337 e. The van der Waals surface area contributed by atoms with Gasteiger partial charge in [0.15, 0.2) is 0 Å². The third-order valence-electron chi connectivity index (χ3n) is 3.30. The quantitative estimate of drug-likeness (QED) is 0.680. The van der Waals surface area contributed by atoms with Crippen LogP contribution < -0.4 is 0 Å². The highest BCUT2D eigenvalue weighted by Crippen LogP contribution is 2.19. The van der Waals surface area contributed by atoms with E-state index in [1.165, 1.54) is 12.7 Å². The molecule has 1 radical (unpaired) electrons. The van der Waals surface area contributed by atoms with Crippen molar-refractivity contribution in [2.75, 3.05) is 7.11 Å². The van der Waals surface area contributed by atoms with Gasteiger partial charge in [0.05, 0.1) is 12.7 Å². The Morgan fingerprint density at radius 2 is 2.00 bits per heavy atom. The smallest absolute Gasteiger partial charge is 0.337 e. The fourth-order valence-corrected chi connectivity index (χ4v) is 2.26. The number of hydrogen-bond donors (Lipinski definition) is 0. The fourth-order valence-electron chi connectivity index (χ4n) is 2.26. The number of hydrogen-bond acceptors (Lipinski definition) is 2. The summed E-state index contributed by atoms with van der Waals surface area (Å²) in [6.07, 6.45) is 1.92. The van der Waals surface area contributed by atoms with Crippen molar-refractivity contribution in [3.8, 4) is 0 Å². The molecule has 1 aromatic heterocycles. The Hall–Kier alpha value is -2.55. The molecule has 0 bridgehead atoms. The molecule has 99 valence electrons. The van der Waals surface area contributed by atoms with Crippen LogP contribution in [0, 0.1) is 6.07 Å². The molecule has 3 rings (SSSR count). The molecule has 20 heavy (non-hydrogen) atoms. The molecule has 0 unspecified atom stereocenters. The van der Waals surface area contributed by atoms with Gasteiger partial charge in [0.2, 0.25) is 0 Å². The summed E-state index contributed by atoms with van der Waals surface area (Å²) in [5.41, 5.74) is 2.75. The van der Waals surface area contributed by atoms with Crippen molar-refractivity contribution in [1.82, 2.24) is 4.57 Å². The first-order chi connectivity index (χ1) is 9.78. The molecule has 3 nitrogen and oxygen atoms in total. The second kappa shape index (κ2) is 5.21. The van der Waals surface area contributed by atoms with Gasteiger partial charge in [-0.3, -0.25) is 0 Å². The van der Waals surface area contributed by atoms with Gasteiger partial charge >= 0.3 is 5.97 Å². The van der Waals surface area contributed by atoms with Crippen molar-refractivity contribution >= 4 is 16.9 Å². The average molecular weight is 264 g/mol. The monoisotopic (exact) mass is 264 g/mol.